The van der Waals surface area contributed by atoms with E-state index in [2.05, 4.69) is 13.0 Å². The SMILES string of the molecule is CC(=O)c1cccc(OC(C)C(=O)N(C)Cc2c(C)nn(-c3ccccc3C)c2C)c1. The van der Waals surface area contributed by atoms with E-state index < -0.39 is 6.10 Å². The molecule has 0 spiro atoms. The van der Waals surface area contributed by atoms with Gasteiger partial charge in [0, 0.05) is 30.4 Å². The van der Waals surface area contributed by atoms with Gasteiger partial charge in [-0.1, -0.05) is 30.3 Å². The number of carbonyl (C=O) groups excluding carboxylic acids is 2. The zero-order valence-electron chi connectivity index (χ0n) is 19.0. The third-order valence-electron chi connectivity index (χ3n) is 5.46. The second-order valence-electron chi connectivity index (χ2n) is 7.89. The van der Waals surface area contributed by atoms with E-state index in [1.165, 1.54) is 6.92 Å². The first-order valence-corrected chi connectivity index (χ1v) is 10.3. The number of rotatable bonds is 7. The fourth-order valence-electron chi connectivity index (χ4n) is 3.61. The van der Waals surface area contributed by atoms with Gasteiger partial charge >= 0.3 is 0 Å². The first kappa shape index (κ1) is 22.3. The molecule has 0 saturated heterocycles. The summed E-state index contributed by atoms with van der Waals surface area (Å²) in [5.41, 5.74) is 5.65. The number of amides is 1. The van der Waals surface area contributed by atoms with Crippen molar-refractivity contribution in [3.05, 3.63) is 76.6 Å². The number of hydrogen-bond donors (Lipinski definition) is 0. The molecule has 1 unspecified atom stereocenters. The molecular weight excluding hydrogens is 390 g/mol. The van der Waals surface area contributed by atoms with Crippen molar-refractivity contribution in [2.24, 2.45) is 0 Å². The van der Waals surface area contributed by atoms with Gasteiger partial charge in [-0.2, -0.15) is 5.10 Å². The number of carbonyl (C=O) groups is 2. The fourth-order valence-corrected chi connectivity index (χ4v) is 3.61. The van der Waals surface area contributed by atoms with E-state index in [0.29, 0.717) is 17.9 Å². The number of ketones is 1. The number of ether oxygens (including phenoxy) is 1. The first-order chi connectivity index (χ1) is 14.7. The third-order valence-corrected chi connectivity index (χ3v) is 5.46. The average Bonchev–Trinajstić information content (AvgIpc) is 3.01. The van der Waals surface area contributed by atoms with Crippen molar-refractivity contribution in [2.75, 3.05) is 7.05 Å². The van der Waals surface area contributed by atoms with Crippen LogP contribution in [0.1, 0.15) is 46.7 Å². The Morgan fingerprint density at radius 3 is 2.48 bits per heavy atom. The van der Waals surface area contributed by atoms with Gasteiger partial charge in [-0.15, -0.1) is 0 Å². The van der Waals surface area contributed by atoms with Crippen molar-refractivity contribution in [1.82, 2.24) is 14.7 Å². The number of hydrogen-bond acceptors (Lipinski definition) is 4. The van der Waals surface area contributed by atoms with E-state index >= 15 is 0 Å². The Labute approximate surface area is 183 Å². The lowest BCUT2D eigenvalue weighted by atomic mass is 10.1. The standard InChI is InChI=1S/C25H29N3O3/c1-16-10-7-8-13-24(16)28-18(3)23(17(2)26-28)15-27(6)25(30)20(5)31-22-12-9-11-21(14-22)19(4)29/h7-14,20H,15H2,1-6H3. The minimum atomic E-state index is -0.681. The van der Waals surface area contributed by atoms with Gasteiger partial charge in [-0.3, -0.25) is 9.59 Å². The Balaban J connectivity index is 1.74. The van der Waals surface area contributed by atoms with Crippen molar-refractivity contribution in [3.8, 4) is 11.4 Å². The van der Waals surface area contributed by atoms with Gasteiger partial charge in [0.25, 0.3) is 5.91 Å². The second-order valence-corrected chi connectivity index (χ2v) is 7.89. The van der Waals surface area contributed by atoms with Crippen LogP contribution in [0.3, 0.4) is 0 Å². The maximum absolute atomic E-state index is 12.9. The molecule has 2 aromatic carbocycles. The molecule has 0 fully saturated rings. The molecule has 1 aromatic heterocycles. The van der Waals surface area contributed by atoms with E-state index in [4.69, 9.17) is 9.84 Å². The Morgan fingerprint density at radius 1 is 1.10 bits per heavy atom. The third kappa shape index (κ3) is 4.85. The monoisotopic (exact) mass is 419 g/mol. The lowest BCUT2D eigenvalue weighted by Gasteiger charge is -2.22. The van der Waals surface area contributed by atoms with Crippen molar-refractivity contribution < 1.29 is 14.3 Å². The van der Waals surface area contributed by atoms with Gasteiger partial charge in [0.15, 0.2) is 11.9 Å². The van der Waals surface area contributed by atoms with Gasteiger partial charge in [0.2, 0.25) is 0 Å². The summed E-state index contributed by atoms with van der Waals surface area (Å²) < 4.78 is 7.75. The molecule has 0 N–H and O–H groups in total. The van der Waals surface area contributed by atoms with Gasteiger partial charge in [-0.25, -0.2) is 4.68 Å². The van der Waals surface area contributed by atoms with Crippen molar-refractivity contribution in [1.29, 1.82) is 0 Å². The zero-order chi connectivity index (χ0) is 22.7. The second kappa shape index (κ2) is 9.16. The highest BCUT2D eigenvalue weighted by atomic mass is 16.5. The fraction of sp³-hybridized carbons (Fsp3) is 0.320. The first-order valence-electron chi connectivity index (χ1n) is 10.3. The topological polar surface area (TPSA) is 64.4 Å². The lowest BCUT2D eigenvalue weighted by molar-refractivity contribution is -0.137. The quantitative estimate of drug-likeness (QED) is 0.532. The van der Waals surface area contributed by atoms with Crippen molar-refractivity contribution in [3.63, 3.8) is 0 Å². The van der Waals surface area contributed by atoms with E-state index in [-0.39, 0.29) is 11.7 Å². The molecule has 0 aliphatic carbocycles. The summed E-state index contributed by atoms with van der Waals surface area (Å²) in [4.78, 5) is 26.2. The Morgan fingerprint density at radius 2 is 1.81 bits per heavy atom. The number of aryl methyl sites for hydroxylation is 2. The van der Waals surface area contributed by atoms with Gasteiger partial charge in [0.1, 0.15) is 5.75 Å². The summed E-state index contributed by atoms with van der Waals surface area (Å²) in [5.74, 6) is 0.315. The largest absolute Gasteiger partial charge is 0.481 e. The van der Waals surface area contributed by atoms with Crippen LogP contribution in [0, 0.1) is 20.8 Å². The minimum absolute atomic E-state index is 0.0434. The predicted octanol–water partition coefficient (Wildman–Crippen LogP) is 4.43. The lowest BCUT2D eigenvalue weighted by Crippen LogP contribution is -2.37. The van der Waals surface area contributed by atoms with Crippen LogP contribution in [-0.2, 0) is 11.3 Å². The van der Waals surface area contributed by atoms with Crippen LogP contribution in [0.25, 0.3) is 5.69 Å². The summed E-state index contributed by atoms with van der Waals surface area (Å²) in [6, 6.07) is 15.0. The van der Waals surface area contributed by atoms with Gasteiger partial charge < -0.3 is 9.64 Å². The molecule has 31 heavy (non-hydrogen) atoms. The summed E-state index contributed by atoms with van der Waals surface area (Å²) in [6.07, 6.45) is -0.681. The van der Waals surface area contributed by atoms with E-state index in [1.54, 1.807) is 43.1 Å². The molecule has 6 nitrogen and oxygen atoms in total. The highest BCUT2D eigenvalue weighted by Gasteiger charge is 2.23. The van der Waals surface area contributed by atoms with E-state index in [0.717, 1.165) is 28.2 Å². The summed E-state index contributed by atoms with van der Waals surface area (Å²) >= 11 is 0. The molecule has 1 amide bonds. The van der Waals surface area contributed by atoms with Crippen LogP contribution in [0.5, 0.6) is 5.75 Å². The van der Waals surface area contributed by atoms with Crippen LogP contribution >= 0.6 is 0 Å². The molecule has 0 bridgehead atoms. The van der Waals surface area contributed by atoms with Gasteiger partial charge in [0.05, 0.1) is 11.4 Å². The summed E-state index contributed by atoms with van der Waals surface area (Å²) in [5, 5.41) is 4.71. The minimum Gasteiger partial charge on any atom is -0.481 e. The molecule has 0 saturated carbocycles. The van der Waals surface area contributed by atoms with Crippen LogP contribution < -0.4 is 4.74 Å². The smallest absolute Gasteiger partial charge is 0.263 e. The van der Waals surface area contributed by atoms with E-state index in [9.17, 15) is 9.59 Å². The van der Waals surface area contributed by atoms with Crippen LogP contribution in [0.15, 0.2) is 48.5 Å². The molecule has 0 radical (unpaired) electrons. The Bertz CT molecular complexity index is 1120. The molecule has 0 aliphatic heterocycles. The van der Waals surface area contributed by atoms with Crippen molar-refractivity contribution in [2.45, 2.75) is 47.3 Å². The number of likely N-dealkylation sites (N-methyl/N-ethyl adjacent to an activating group) is 1. The zero-order valence-corrected chi connectivity index (χ0v) is 19.0. The highest BCUT2D eigenvalue weighted by molar-refractivity contribution is 5.94. The van der Waals surface area contributed by atoms with Crippen molar-refractivity contribution >= 4 is 11.7 Å². The molecule has 0 aliphatic rings. The maximum atomic E-state index is 12.9. The highest BCUT2D eigenvalue weighted by Crippen LogP contribution is 2.22. The number of benzene rings is 2. The van der Waals surface area contributed by atoms with Gasteiger partial charge in [-0.05, 0) is 58.4 Å². The molecular formula is C25H29N3O3. The van der Waals surface area contributed by atoms with Crippen LogP contribution in [0.2, 0.25) is 0 Å². The Hall–Kier alpha value is -3.41. The summed E-state index contributed by atoms with van der Waals surface area (Å²) in [7, 11) is 1.76. The number of nitrogens with zero attached hydrogens (tertiary/aromatic N) is 3. The molecule has 1 atom stereocenters. The molecule has 3 aromatic rings. The molecule has 6 heteroatoms. The summed E-state index contributed by atoms with van der Waals surface area (Å²) in [6.45, 7) is 9.69. The molecule has 162 valence electrons. The molecule has 3 rings (SSSR count). The van der Waals surface area contributed by atoms with E-state index in [1.807, 2.05) is 36.7 Å². The maximum Gasteiger partial charge on any atom is 0.263 e. The van der Waals surface area contributed by atoms with Crippen LogP contribution in [0.4, 0.5) is 0 Å². The number of para-hydroxylation sites is 1. The predicted molar refractivity (Wildman–Crippen MR) is 121 cm³/mol. The number of Topliss-reactive ketones (excluding diaryl/α,β-unsaturated/α-hetero) is 1. The number of aromatic nitrogens is 2. The van der Waals surface area contributed by atoms with Crippen LogP contribution in [-0.4, -0.2) is 39.5 Å². The molecule has 1 heterocycles. The normalized spacial score (nSPS) is 11.8. The Kier molecular flexibility index (Phi) is 6.59. The average molecular weight is 420 g/mol.